The molecule has 0 fully saturated rings. The van der Waals surface area contributed by atoms with Gasteiger partial charge in [-0.3, -0.25) is 9.97 Å². The first-order valence-corrected chi connectivity index (χ1v) is 7.86. The molecule has 0 aliphatic carbocycles. The predicted octanol–water partition coefficient (Wildman–Crippen LogP) is 4.65. The van der Waals surface area contributed by atoms with Crippen LogP contribution in [0.4, 0.5) is 5.69 Å². The van der Waals surface area contributed by atoms with Gasteiger partial charge in [-0.25, -0.2) is 0 Å². The molecule has 3 rings (SSSR count). The lowest BCUT2D eigenvalue weighted by Gasteiger charge is -2.14. The van der Waals surface area contributed by atoms with Gasteiger partial charge in [-0.1, -0.05) is 37.3 Å². The molecule has 0 amide bonds. The number of anilines is 1. The van der Waals surface area contributed by atoms with Gasteiger partial charge in [0.1, 0.15) is 0 Å². The van der Waals surface area contributed by atoms with Crippen molar-refractivity contribution in [3.8, 4) is 11.3 Å². The van der Waals surface area contributed by atoms with Crippen molar-refractivity contribution < 1.29 is 0 Å². The second kappa shape index (κ2) is 6.61. The normalized spacial score (nSPS) is 12.0. The average molecular weight is 303 g/mol. The number of rotatable bonds is 4. The highest BCUT2D eigenvalue weighted by Crippen LogP contribution is 2.28. The van der Waals surface area contributed by atoms with Crippen LogP contribution in [0.15, 0.2) is 60.7 Å². The van der Waals surface area contributed by atoms with Gasteiger partial charge in [-0.15, -0.1) is 0 Å². The lowest BCUT2D eigenvalue weighted by Crippen LogP contribution is -2.03. The van der Waals surface area contributed by atoms with Crippen molar-refractivity contribution in [2.45, 2.75) is 19.8 Å². The van der Waals surface area contributed by atoms with E-state index in [4.69, 9.17) is 4.98 Å². The third kappa shape index (κ3) is 3.24. The summed E-state index contributed by atoms with van der Waals surface area (Å²) in [7, 11) is 1.93. The first kappa shape index (κ1) is 15.2. The van der Waals surface area contributed by atoms with Gasteiger partial charge in [0.2, 0.25) is 0 Å². The number of para-hydroxylation sites is 1. The summed E-state index contributed by atoms with van der Waals surface area (Å²) >= 11 is 0. The molecule has 3 heteroatoms. The van der Waals surface area contributed by atoms with E-state index in [1.165, 1.54) is 0 Å². The topological polar surface area (TPSA) is 37.8 Å². The smallest absolute Gasteiger partial charge is 0.0726 e. The van der Waals surface area contributed by atoms with Crippen LogP contribution in [0.2, 0.25) is 0 Å². The minimum absolute atomic E-state index is 0.164. The zero-order valence-electron chi connectivity index (χ0n) is 13.7. The SMILES string of the molecule is CNc1ccccc1-c1cccc(C(C)c2cccc(C)n2)n1. The van der Waals surface area contributed by atoms with E-state index in [2.05, 4.69) is 53.6 Å². The lowest BCUT2D eigenvalue weighted by molar-refractivity contribution is 0.827. The van der Waals surface area contributed by atoms with Crippen LogP contribution < -0.4 is 5.32 Å². The zero-order valence-corrected chi connectivity index (χ0v) is 13.7. The fraction of sp³-hybridized carbons (Fsp3) is 0.200. The molecule has 1 unspecified atom stereocenters. The Morgan fingerprint density at radius 3 is 2.26 bits per heavy atom. The van der Waals surface area contributed by atoms with Gasteiger partial charge >= 0.3 is 0 Å². The minimum atomic E-state index is 0.164. The highest BCUT2D eigenvalue weighted by atomic mass is 14.8. The number of nitrogens with one attached hydrogen (secondary N) is 1. The fourth-order valence-corrected chi connectivity index (χ4v) is 2.72. The molecule has 1 aromatic carbocycles. The van der Waals surface area contributed by atoms with Crippen LogP contribution in [0.25, 0.3) is 11.3 Å². The van der Waals surface area contributed by atoms with E-state index in [-0.39, 0.29) is 5.92 Å². The monoisotopic (exact) mass is 303 g/mol. The number of pyridine rings is 2. The third-order valence-corrected chi connectivity index (χ3v) is 4.04. The van der Waals surface area contributed by atoms with Gasteiger partial charge in [0.25, 0.3) is 0 Å². The third-order valence-electron chi connectivity index (χ3n) is 4.04. The summed E-state index contributed by atoms with van der Waals surface area (Å²) in [6.07, 6.45) is 0. The van der Waals surface area contributed by atoms with Crippen LogP contribution >= 0.6 is 0 Å². The summed E-state index contributed by atoms with van der Waals surface area (Å²) < 4.78 is 0. The Labute approximate surface area is 137 Å². The molecule has 1 atom stereocenters. The maximum atomic E-state index is 4.88. The molecule has 116 valence electrons. The van der Waals surface area contributed by atoms with Crippen molar-refractivity contribution in [3.05, 3.63) is 77.7 Å². The lowest BCUT2D eigenvalue weighted by atomic mass is 10.0. The van der Waals surface area contributed by atoms with Crippen LogP contribution in [0.3, 0.4) is 0 Å². The number of hydrogen-bond acceptors (Lipinski definition) is 3. The van der Waals surface area contributed by atoms with E-state index in [1.807, 2.05) is 38.2 Å². The van der Waals surface area contributed by atoms with Gasteiger partial charge in [0.15, 0.2) is 0 Å². The van der Waals surface area contributed by atoms with Gasteiger partial charge in [0, 0.05) is 41.3 Å². The molecule has 0 spiro atoms. The molecule has 0 radical (unpaired) electrons. The second-order valence-corrected chi connectivity index (χ2v) is 5.67. The van der Waals surface area contributed by atoms with Crippen molar-refractivity contribution in [1.29, 1.82) is 0 Å². The molecule has 2 heterocycles. The molecule has 0 bridgehead atoms. The maximum absolute atomic E-state index is 4.88. The zero-order chi connectivity index (χ0) is 16.2. The van der Waals surface area contributed by atoms with E-state index >= 15 is 0 Å². The Kier molecular flexibility index (Phi) is 4.38. The number of aryl methyl sites for hydroxylation is 1. The van der Waals surface area contributed by atoms with E-state index in [9.17, 15) is 0 Å². The van der Waals surface area contributed by atoms with Gasteiger partial charge < -0.3 is 5.32 Å². The number of benzene rings is 1. The molecule has 1 N–H and O–H groups in total. The van der Waals surface area contributed by atoms with Crippen LogP contribution in [0.1, 0.15) is 29.9 Å². The van der Waals surface area contributed by atoms with E-state index in [1.54, 1.807) is 0 Å². The standard InChI is InChI=1S/C20H21N3/c1-14-8-6-11-17(22-14)15(2)18-12-7-13-20(23-18)16-9-4-5-10-19(16)21-3/h4-13,15,21H,1-3H3. The number of hydrogen-bond donors (Lipinski definition) is 1. The highest BCUT2D eigenvalue weighted by Gasteiger charge is 2.13. The van der Waals surface area contributed by atoms with E-state index < -0.39 is 0 Å². The molecule has 3 nitrogen and oxygen atoms in total. The van der Waals surface area contributed by atoms with Gasteiger partial charge in [-0.05, 0) is 37.3 Å². The molecule has 0 aliphatic heterocycles. The fourth-order valence-electron chi connectivity index (χ4n) is 2.72. The first-order valence-electron chi connectivity index (χ1n) is 7.86. The molecule has 3 aromatic rings. The summed E-state index contributed by atoms with van der Waals surface area (Å²) in [6, 6.07) is 20.5. The molecule has 0 aliphatic rings. The first-order chi connectivity index (χ1) is 11.2. The van der Waals surface area contributed by atoms with Crippen LogP contribution in [-0.2, 0) is 0 Å². The second-order valence-electron chi connectivity index (χ2n) is 5.67. The minimum Gasteiger partial charge on any atom is -0.388 e. The van der Waals surface area contributed by atoms with Crippen LogP contribution in [0, 0.1) is 6.92 Å². The Bertz CT molecular complexity index is 811. The van der Waals surface area contributed by atoms with Gasteiger partial charge in [0.05, 0.1) is 5.69 Å². The number of aromatic nitrogens is 2. The molecule has 2 aromatic heterocycles. The maximum Gasteiger partial charge on any atom is 0.0726 e. The largest absolute Gasteiger partial charge is 0.388 e. The summed E-state index contributed by atoms with van der Waals surface area (Å²) in [5, 5.41) is 3.23. The Hall–Kier alpha value is -2.68. The molecule has 23 heavy (non-hydrogen) atoms. The summed E-state index contributed by atoms with van der Waals surface area (Å²) in [6.45, 7) is 4.17. The summed E-state index contributed by atoms with van der Waals surface area (Å²) in [5.74, 6) is 0.164. The molecular formula is C20H21N3. The Balaban J connectivity index is 2.00. The van der Waals surface area contributed by atoms with Crippen molar-refractivity contribution in [1.82, 2.24) is 9.97 Å². The van der Waals surface area contributed by atoms with Crippen molar-refractivity contribution in [2.24, 2.45) is 0 Å². The van der Waals surface area contributed by atoms with Crippen molar-refractivity contribution in [3.63, 3.8) is 0 Å². The van der Waals surface area contributed by atoms with E-state index in [0.717, 1.165) is 34.0 Å². The van der Waals surface area contributed by atoms with Crippen molar-refractivity contribution >= 4 is 5.69 Å². The number of nitrogens with zero attached hydrogens (tertiary/aromatic N) is 2. The van der Waals surface area contributed by atoms with E-state index in [0.29, 0.717) is 0 Å². The Morgan fingerprint density at radius 1 is 0.826 bits per heavy atom. The average Bonchev–Trinajstić information content (AvgIpc) is 2.61. The quantitative estimate of drug-likeness (QED) is 0.762. The molecular weight excluding hydrogens is 282 g/mol. The van der Waals surface area contributed by atoms with Crippen LogP contribution in [-0.4, -0.2) is 17.0 Å². The molecule has 0 saturated heterocycles. The van der Waals surface area contributed by atoms with Crippen LogP contribution in [0.5, 0.6) is 0 Å². The summed E-state index contributed by atoms with van der Waals surface area (Å²) in [5.41, 5.74) is 6.29. The molecule has 0 saturated carbocycles. The Morgan fingerprint density at radius 2 is 1.52 bits per heavy atom. The van der Waals surface area contributed by atoms with Crippen molar-refractivity contribution in [2.75, 3.05) is 12.4 Å². The summed E-state index contributed by atoms with van der Waals surface area (Å²) in [4.78, 5) is 9.51. The highest BCUT2D eigenvalue weighted by molar-refractivity contribution is 5.75. The predicted molar refractivity (Wildman–Crippen MR) is 95.7 cm³/mol. The van der Waals surface area contributed by atoms with Gasteiger partial charge in [-0.2, -0.15) is 0 Å².